The number of benzene rings is 3. The van der Waals surface area contributed by atoms with Crippen LogP contribution in [0.5, 0.6) is 11.5 Å². The molecule has 0 aliphatic carbocycles. The zero-order valence-corrected chi connectivity index (χ0v) is 23.6. The van der Waals surface area contributed by atoms with Gasteiger partial charge in [0.1, 0.15) is 5.82 Å². The average molecular weight is 555 g/mol. The molecular formula is C32H31ClN4O3. The van der Waals surface area contributed by atoms with Crippen molar-refractivity contribution in [3.63, 3.8) is 0 Å². The lowest BCUT2D eigenvalue weighted by molar-refractivity contribution is 0.0951. The highest BCUT2D eigenvalue weighted by atomic mass is 35.5. The minimum absolute atomic E-state index is 0.192. The van der Waals surface area contributed by atoms with Crippen LogP contribution in [-0.2, 0) is 6.54 Å². The number of nitrogens with zero attached hydrogens (tertiary/aromatic N) is 2. The molecule has 0 saturated carbocycles. The lowest BCUT2D eigenvalue weighted by atomic mass is 10.1. The molecule has 0 fully saturated rings. The Labute approximate surface area is 239 Å². The quantitative estimate of drug-likeness (QED) is 0.220. The molecule has 0 aliphatic rings. The van der Waals surface area contributed by atoms with Gasteiger partial charge in [0.15, 0.2) is 11.5 Å². The molecular weight excluding hydrogens is 524 g/mol. The maximum absolute atomic E-state index is 12.5. The minimum Gasteiger partial charge on any atom is -0.493 e. The molecule has 204 valence electrons. The van der Waals surface area contributed by atoms with Crippen LogP contribution < -0.4 is 20.1 Å². The van der Waals surface area contributed by atoms with E-state index in [1.807, 2.05) is 67.6 Å². The van der Waals surface area contributed by atoms with E-state index in [4.69, 9.17) is 21.1 Å². The highest BCUT2D eigenvalue weighted by Crippen LogP contribution is 2.32. The van der Waals surface area contributed by atoms with E-state index in [1.165, 1.54) is 11.1 Å². The molecule has 0 spiro atoms. The predicted octanol–water partition coefficient (Wildman–Crippen LogP) is 7.28. The summed E-state index contributed by atoms with van der Waals surface area (Å²) in [5.41, 5.74) is 5.59. The Hall–Kier alpha value is -4.62. The van der Waals surface area contributed by atoms with Crippen molar-refractivity contribution in [2.75, 3.05) is 19.5 Å². The summed E-state index contributed by atoms with van der Waals surface area (Å²) in [5, 5.41) is 7.84. The third kappa shape index (κ3) is 7.27. The second-order valence-electron chi connectivity index (χ2n) is 9.06. The summed E-state index contributed by atoms with van der Waals surface area (Å²) < 4.78 is 10.5. The number of ether oxygens (including phenoxy) is 2. The summed E-state index contributed by atoms with van der Waals surface area (Å²) in [6.45, 7) is 4.48. The number of carbonyl (C=O) groups is 1. The van der Waals surface area contributed by atoms with Gasteiger partial charge in [-0.25, -0.2) is 4.98 Å². The molecule has 0 saturated heterocycles. The van der Waals surface area contributed by atoms with Gasteiger partial charge in [-0.3, -0.25) is 9.78 Å². The van der Waals surface area contributed by atoms with E-state index in [9.17, 15) is 4.79 Å². The Morgan fingerprint density at radius 3 is 2.33 bits per heavy atom. The Morgan fingerprint density at radius 2 is 1.60 bits per heavy atom. The Morgan fingerprint density at radius 1 is 0.850 bits per heavy atom. The molecule has 2 heterocycles. The molecule has 2 aromatic heterocycles. The number of methoxy groups -OCH3 is 2. The number of pyridine rings is 2. The normalized spacial score (nSPS) is 10.3. The van der Waals surface area contributed by atoms with E-state index in [0.717, 1.165) is 27.9 Å². The summed E-state index contributed by atoms with van der Waals surface area (Å²) in [6, 6.07) is 24.6. The molecule has 5 aromatic rings. The maximum Gasteiger partial charge on any atom is 0.255 e. The first kappa shape index (κ1) is 28.4. The van der Waals surface area contributed by atoms with Gasteiger partial charge in [-0.2, -0.15) is 0 Å². The number of aromatic nitrogens is 2. The number of anilines is 2. The second kappa shape index (κ2) is 13.4. The van der Waals surface area contributed by atoms with Gasteiger partial charge in [-0.15, -0.1) is 0 Å². The molecule has 0 bridgehead atoms. The molecule has 5 rings (SSSR count). The zero-order valence-electron chi connectivity index (χ0n) is 22.9. The molecule has 2 N–H and O–H groups in total. The van der Waals surface area contributed by atoms with Gasteiger partial charge < -0.3 is 20.1 Å². The summed E-state index contributed by atoms with van der Waals surface area (Å²) in [4.78, 5) is 21.1. The van der Waals surface area contributed by atoms with Crippen molar-refractivity contribution in [2.24, 2.45) is 0 Å². The lowest BCUT2D eigenvalue weighted by Crippen LogP contribution is -2.24. The Balaban J connectivity index is 0.000000210. The first-order valence-corrected chi connectivity index (χ1v) is 13.0. The number of carbonyl (C=O) groups excluding carboxylic acids is 1. The standard InChI is InChI=1S/C20H18ClN3O.C12H13NO2/c1-14-7-9-17(10-8-14)24-19-18(6-3-11-22-19)20(25)23-13-15-4-2-5-16(21)12-15;1-8-4-5-13-10-7-12(15-3)11(14-2)6-9(8)10/h2-12H,13H2,1H3,(H,22,24)(H,23,25);4-7H,1-3H3. The van der Waals surface area contributed by atoms with Crippen LogP contribution >= 0.6 is 11.6 Å². The fourth-order valence-electron chi connectivity index (χ4n) is 4.00. The lowest BCUT2D eigenvalue weighted by Gasteiger charge is -2.11. The van der Waals surface area contributed by atoms with Crippen LogP contribution in [0.25, 0.3) is 10.9 Å². The SMILES string of the molecule is COc1cc2nccc(C)c2cc1OC.Cc1ccc(Nc2ncccc2C(=O)NCc2cccc(Cl)c2)cc1. The van der Waals surface area contributed by atoms with Gasteiger partial charge in [0.2, 0.25) is 0 Å². The smallest absolute Gasteiger partial charge is 0.255 e. The van der Waals surface area contributed by atoms with Crippen LogP contribution in [-0.4, -0.2) is 30.1 Å². The summed E-state index contributed by atoms with van der Waals surface area (Å²) in [7, 11) is 3.26. The summed E-state index contributed by atoms with van der Waals surface area (Å²) in [6.07, 6.45) is 3.45. The largest absolute Gasteiger partial charge is 0.493 e. The molecule has 0 radical (unpaired) electrons. The topological polar surface area (TPSA) is 85.4 Å². The fourth-order valence-corrected chi connectivity index (χ4v) is 4.21. The number of aryl methyl sites for hydroxylation is 2. The number of halogens is 1. The van der Waals surface area contributed by atoms with Crippen molar-refractivity contribution in [1.82, 2.24) is 15.3 Å². The Kier molecular flexibility index (Phi) is 9.54. The van der Waals surface area contributed by atoms with Gasteiger partial charge in [-0.05, 0) is 73.5 Å². The number of nitrogens with one attached hydrogen (secondary N) is 2. The highest BCUT2D eigenvalue weighted by Gasteiger charge is 2.12. The number of rotatable bonds is 7. The molecule has 1 amide bonds. The third-order valence-corrected chi connectivity index (χ3v) is 6.41. The van der Waals surface area contributed by atoms with Gasteiger partial charge in [-0.1, -0.05) is 41.4 Å². The molecule has 40 heavy (non-hydrogen) atoms. The van der Waals surface area contributed by atoms with Crippen LogP contribution in [0.1, 0.15) is 27.0 Å². The van der Waals surface area contributed by atoms with Crippen molar-refractivity contribution in [3.05, 3.63) is 119 Å². The van der Waals surface area contributed by atoms with E-state index in [0.29, 0.717) is 28.7 Å². The summed E-state index contributed by atoms with van der Waals surface area (Å²) >= 11 is 5.97. The minimum atomic E-state index is -0.192. The highest BCUT2D eigenvalue weighted by molar-refractivity contribution is 6.30. The van der Waals surface area contributed by atoms with Crippen LogP contribution in [0, 0.1) is 13.8 Å². The molecule has 0 unspecified atom stereocenters. The van der Waals surface area contributed by atoms with E-state index in [2.05, 4.69) is 27.5 Å². The van der Waals surface area contributed by atoms with E-state index in [-0.39, 0.29) is 5.91 Å². The van der Waals surface area contributed by atoms with E-state index >= 15 is 0 Å². The predicted molar refractivity (Wildman–Crippen MR) is 161 cm³/mol. The van der Waals surface area contributed by atoms with Crippen molar-refractivity contribution in [2.45, 2.75) is 20.4 Å². The maximum atomic E-state index is 12.5. The van der Waals surface area contributed by atoms with Gasteiger partial charge in [0, 0.05) is 41.1 Å². The van der Waals surface area contributed by atoms with E-state index < -0.39 is 0 Å². The molecule has 0 atom stereocenters. The van der Waals surface area contributed by atoms with Crippen LogP contribution in [0.3, 0.4) is 0 Å². The fraction of sp³-hybridized carbons (Fsp3) is 0.156. The number of hydrogen-bond donors (Lipinski definition) is 2. The summed E-state index contributed by atoms with van der Waals surface area (Å²) in [5.74, 6) is 1.78. The molecule has 0 aliphatic heterocycles. The van der Waals surface area contributed by atoms with E-state index in [1.54, 1.807) is 44.8 Å². The molecule has 7 nitrogen and oxygen atoms in total. The second-order valence-corrected chi connectivity index (χ2v) is 9.49. The van der Waals surface area contributed by atoms with Crippen molar-refractivity contribution in [1.29, 1.82) is 0 Å². The van der Waals surface area contributed by atoms with Gasteiger partial charge >= 0.3 is 0 Å². The van der Waals surface area contributed by atoms with Gasteiger partial charge in [0.25, 0.3) is 5.91 Å². The molecule has 8 heteroatoms. The monoisotopic (exact) mass is 554 g/mol. The van der Waals surface area contributed by atoms with Gasteiger partial charge in [0.05, 0.1) is 25.3 Å². The average Bonchev–Trinajstić information content (AvgIpc) is 2.97. The van der Waals surface area contributed by atoms with Crippen molar-refractivity contribution >= 4 is 39.9 Å². The Bertz CT molecular complexity index is 1610. The first-order valence-electron chi connectivity index (χ1n) is 12.7. The van der Waals surface area contributed by atoms with Crippen LogP contribution in [0.15, 0.2) is 91.3 Å². The first-order chi connectivity index (χ1) is 19.4. The number of hydrogen-bond acceptors (Lipinski definition) is 6. The van der Waals surface area contributed by atoms with Crippen LogP contribution in [0.2, 0.25) is 5.02 Å². The van der Waals surface area contributed by atoms with Crippen LogP contribution in [0.4, 0.5) is 11.5 Å². The van der Waals surface area contributed by atoms with Crippen molar-refractivity contribution < 1.29 is 14.3 Å². The third-order valence-electron chi connectivity index (χ3n) is 6.17. The van der Waals surface area contributed by atoms with Crippen molar-refractivity contribution in [3.8, 4) is 11.5 Å². The zero-order chi connectivity index (χ0) is 28.5. The molecule has 3 aromatic carbocycles. The number of fused-ring (bicyclic) bond motifs is 1. The number of amides is 1.